The van der Waals surface area contributed by atoms with Gasteiger partial charge in [0.15, 0.2) is 5.82 Å². The molecule has 0 radical (unpaired) electrons. The Labute approximate surface area is 239 Å². The summed E-state index contributed by atoms with van der Waals surface area (Å²) in [7, 11) is 3.85. The highest BCUT2D eigenvalue weighted by molar-refractivity contribution is 6.06. The number of nitrogens with zero attached hydrogens (tertiary/aromatic N) is 7. The lowest BCUT2D eigenvalue weighted by Crippen LogP contribution is -2.41. The average Bonchev–Trinajstić information content (AvgIpc) is 3.56. The molecule has 0 fully saturated rings. The van der Waals surface area contributed by atoms with Crippen molar-refractivity contribution in [3.63, 3.8) is 0 Å². The van der Waals surface area contributed by atoms with E-state index in [1.807, 2.05) is 40.9 Å². The third-order valence-electron chi connectivity index (χ3n) is 8.80. The molecular formula is C31H36N8O2. The fourth-order valence-corrected chi connectivity index (χ4v) is 6.77. The molecule has 4 aromatic heterocycles. The monoisotopic (exact) mass is 552 g/mol. The van der Waals surface area contributed by atoms with Crippen molar-refractivity contribution in [2.75, 3.05) is 30.4 Å². The van der Waals surface area contributed by atoms with Crippen molar-refractivity contribution >= 4 is 23.2 Å². The normalized spacial score (nSPS) is 17.9. The van der Waals surface area contributed by atoms with E-state index in [9.17, 15) is 9.59 Å². The van der Waals surface area contributed by atoms with Crippen LogP contribution in [0.15, 0.2) is 41.5 Å². The molecule has 1 amide bonds. The third kappa shape index (κ3) is 4.28. The standard InChI is InChI=1S/C31H36N8O2/c1-19-23(21-12-24(29(40)36(5)17-21)33-27-14-22-18-35(4)8-11-39(22)34-27)6-7-32-28(19)38-10-9-37-25(30(38)41)13-20-15-31(2,3)16-26(20)37/h6-7,12-14,17H,8-11,15-16,18H2,1-5H3,(H,33,34). The second-order valence-electron chi connectivity index (χ2n) is 12.6. The number of amides is 1. The van der Waals surface area contributed by atoms with Crippen molar-refractivity contribution in [2.45, 2.75) is 53.2 Å². The van der Waals surface area contributed by atoms with Gasteiger partial charge in [0.1, 0.15) is 17.2 Å². The minimum absolute atomic E-state index is 0.00609. The molecule has 0 atom stereocenters. The Kier molecular flexibility index (Phi) is 5.76. The number of anilines is 3. The fraction of sp³-hybridized carbons (Fsp3) is 0.419. The van der Waals surface area contributed by atoms with Gasteiger partial charge in [-0.05, 0) is 67.1 Å². The maximum atomic E-state index is 13.7. The van der Waals surface area contributed by atoms with Gasteiger partial charge in [-0.3, -0.25) is 24.1 Å². The molecule has 0 spiro atoms. The summed E-state index contributed by atoms with van der Waals surface area (Å²) in [5.41, 5.74) is 7.76. The number of carbonyl (C=O) groups excluding carboxylic acids is 1. The molecule has 7 rings (SSSR count). The van der Waals surface area contributed by atoms with Crippen LogP contribution < -0.4 is 15.8 Å². The van der Waals surface area contributed by atoms with Gasteiger partial charge >= 0.3 is 0 Å². The average molecular weight is 553 g/mol. The highest BCUT2D eigenvalue weighted by Crippen LogP contribution is 2.40. The Morgan fingerprint density at radius 2 is 1.83 bits per heavy atom. The maximum absolute atomic E-state index is 13.7. The van der Waals surface area contributed by atoms with Gasteiger partial charge in [0.25, 0.3) is 11.5 Å². The number of aromatic nitrogens is 5. The second-order valence-corrected chi connectivity index (χ2v) is 12.6. The minimum Gasteiger partial charge on any atom is -0.339 e. The Bertz CT molecular complexity index is 1780. The van der Waals surface area contributed by atoms with Crippen LogP contribution in [-0.4, -0.2) is 54.8 Å². The molecule has 0 unspecified atom stereocenters. The number of nitrogens with one attached hydrogen (secondary N) is 1. The maximum Gasteiger partial charge on any atom is 0.276 e. The largest absolute Gasteiger partial charge is 0.339 e. The zero-order valence-corrected chi connectivity index (χ0v) is 24.4. The third-order valence-corrected chi connectivity index (χ3v) is 8.80. The smallest absolute Gasteiger partial charge is 0.276 e. The van der Waals surface area contributed by atoms with Crippen LogP contribution >= 0.6 is 0 Å². The molecular weight excluding hydrogens is 516 g/mol. The summed E-state index contributed by atoms with van der Waals surface area (Å²) in [5.74, 6) is 1.32. The SMILES string of the molecule is Cc1c(-c2cc(Nc3cc4n(n3)CCN(C)C4)c(=O)n(C)c2)ccnc1N1CCn2c(cc3c2CC(C)(C)C3)C1=O. The molecule has 0 saturated carbocycles. The lowest BCUT2D eigenvalue weighted by atomic mass is 9.90. The molecule has 0 bridgehead atoms. The Morgan fingerprint density at radius 1 is 1.00 bits per heavy atom. The summed E-state index contributed by atoms with van der Waals surface area (Å²) in [6.07, 6.45) is 5.59. The predicted octanol–water partition coefficient (Wildman–Crippen LogP) is 3.73. The minimum atomic E-state index is -0.132. The lowest BCUT2D eigenvalue weighted by Gasteiger charge is -2.30. The van der Waals surface area contributed by atoms with Crippen LogP contribution in [0.5, 0.6) is 0 Å². The van der Waals surface area contributed by atoms with Gasteiger partial charge in [-0.25, -0.2) is 4.98 Å². The molecule has 3 aliphatic rings. The molecule has 1 N–H and O–H groups in total. The molecule has 0 saturated heterocycles. The van der Waals surface area contributed by atoms with Gasteiger partial charge in [0, 0.05) is 62.9 Å². The number of likely N-dealkylation sites (N-methyl/N-ethyl adjacent to an activating group) is 1. The van der Waals surface area contributed by atoms with E-state index in [0.29, 0.717) is 23.9 Å². The molecule has 1 aliphatic carbocycles. The van der Waals surface area contributed by atoms with Crippen molar-refractivity contribution in [3.8, 4) is 11.1 Å². The first-order valence-corrected chi connectivity index (χ1v) is 14.3. The van der Waals surface area contributed by atoms with E-state index in [2.05, 4.69) is 51.8 Å². The van der Waals surface area contributed by atoms with Gasteiger partial charge in [0.05, 0.1) is 12.2 Å². The zero-order valence-electron chi connectivity index (χ0n) is 24.4. The fourth-order valence-electron chi connectivity index (χ4n) is 6.77. The van der Waals surface area contributed by atoms with E-state index in [1.165, 1.54) is 11.3 Å². The Hall–Kier alpha value is -4.18. The number of rotatable bonds is 4. The molecule has 10 nitrogen and oxygen atoms in total. The van der Waals surface area contributed by atoms with Crippen LogP contribution in [0, 0.1) is 12.3 Å². The van der Waals surface area contributed by atoms with E-state index >= 15 is 0 Å². The van der Waals surface area contributed by atoms with E-state index < -0.39 is 0 Å². The van der Waals surface area contributed by atoms with Crippen molar-refractivity contribution in [1.29, 1.82) is 0 Å². The van der Waals surface area contributed by atoms with Crippen LogP contribution in [0.25, 0.3) is 11.1 Å². The van der Waals surface area contributed by atoms with E-state index in [4.69, 9.17) is 0 Å². The van der Waals surface area contributed by atoms with Gasteiger partial charge in [0.2, 0.25) is 0 Å². The zero-order chi connectivity index (χ0) is 28.6. The number of carbonyl (C=O) groups is 1. The second kappa shape index (κ2) is 9.17. The van der Waals surface area contributed by atoms with Crippen molar-refractivity contribution < 1.29 is 4.79 Å². The highest BCUT2D eigenvalue weighted by atomic mass is 16.2. The summed E-state index contributed by atoms with van der Waals surface area (Å²) in [4.78, 5) is 35.6. The molecule has 2 aliphatic heterocycles. The number of hydrogen-bond acceptors (Lipinski definition) is 6. The first-order chi connectivity index (χ1) is 19.6. The first kappa shape index (κ1) is 25.8. The van der Waals surface area contributed by atoms with Crippen LogP contribution in [0.3, 0.4) is 0 Å². The van der Waals surface area contributed by atoms with E-state index in [0.717, 1.165) is 67.1 Å². The van der Waals surface area contributed by atoms with Gasteiger partial charge < -0.3 is 14.5 Å². The highest BCUT2D eigenvalue weighted by Gasteiger charge is 2.37. The lowest BCUT2D eigenvalue weighted by molar-refractivity contribution is 0.0963. The van der Waals surface area contributed by atoms with Crippen LogP contribution in [0.4, 0.5) is 17.3 Å². The van der Waals surface area contributed by atoms with Crippen molar-refractivity contribution in [2.24, 2.45) is 12.5 Å². The number of aryl methyl sites for hydroxylation is 1. The van der Waals surface area contributed by atoms with Gasteiger partial charge in [-0.2, -0.15) is 5.10 Å². The predicted molar refractivity (Wildman–Crippen MR) is 159 cm³/mol. The van der Waals surface area contributed by atoms with Gasteiger partial charge in [-0.15, -0.1) is 0 Å². The number of hydrogen-bond donors (Lipinski definition) is 1. The summed E-state index contributed by atoms with van der Waals surface area (Å²) in [5, 5.41) is 7.94. The molecule has 212 valence electrons. The first-order valence-electron chi connectivity index (χ1n) is 14.3. The van der Waals surface area contributed by atoms with E-state index in [-0.39, 0.29) is 16.9 Å². The summed E-state index contributed by atoms with van der Waals surface area (Å²) in [6, 6.07) is 7.91. The summed E-state index contributed by atoms with van der Waals surface area (Å²) in [6.45, 7) is 10.5. The number of pyridine rings is 2. The quantitative estimate of drug-likeness (QED) is 0.415. The van der Waals surface area contributed by atoms with Crippen LogP contribution in [-0.2, 0) is 39.5 Å². The topological polar surface area (TPSA) is 93.2 Å². The Morgan fingerprint density at radius 3 is 2.66 bits per heavy atom. The molecule has 6 heterocycles. The molecule has 41 heavy (non-hydrogen) atoms. The summed E-state index contributed by atoms with van der Waals surface area (Å²) < 4.78 is 5.80. The Balaban J connectivity index is 1.20. The molecule has 0 aromatic carbocycles. The van der Waals surface area contributed by atoms with Crippen molar-refractivity contribution in [1.82, 2.24) is 28.8 Å². The van der Waals surface area contributed by atoms with Gasteiger partial charge in [-0.1, -0.05) is 13.8 Å². The van der Waals surface area contributed by atoms with Crippen molar-refractivity contribution in [3.05, 3.63) is 75.2 Å². The van der Waals surface area contributed by atoms with Crippen LogP contribution in [0.1, 0.15) is 46.9 Å². The summed E-state index contributed by atoms with van der Waals surface area (Å²) >= 11 is 0. The van der Waals surface area contributed by atoms with E-state index in [1.54, 1.807) is 17.8 Å². The number of fused-ring (bicyclic) bond motifs is 4. The molecule has 10 heteroatoms. The molecule has 4 aromatic rings. The van der Waals surface area contributed by atoms with Crippen LogP contribution in [0.2, 0.25) is 0 Å².